The molecule has 0 saturated heterocycles. The molecule has 2 N–H and O–H groups in total. The molecule has 0 radical (unpaired) electrons. The number of rotatable bonds is 6. The highest BCUT2D eigenvalue weighted by Gasteiger charge is 2.30. The standard InChI is InChI=1S/C20H14Cl2F3N3O2/c21-13-4-6-17(22)16(9-13)18-7-5-15(30-18)10-27-28-19(29)11-26-14-3-1-2-12(8-14)20(23,24)25/h1-10,26H,11H2,(H,28,29)/b27-10-. The summed E-state index contributed by atoms with van der Waals surface area (Å²) < 4.78 is 43.7. The van der Waals surface area contributed by atoms with E-state index in [2.05, 4.69) is 15.8 Å². The summed E-state index contributed by atoms with van der Waals surface area (Å²) in [7, 11) is 0. The summed E-state index contributed by atoms with van der Waals surface area (Å²) in [6.45, 7) is -0.264. The van der Waals surface area contributed by atoms with Crippen LogP contribution >= 0.6 is 23.2 Å². The van der Waals surface area contributed by atoms with Gasteiger partial charge >= 0.3 is 6.18 Å². The minimum absolute atomic E-state index is 0.165. The van der Waals surface area contributed by atoms with Gasteiger partial charge in [0.15, 0.2) is 0 Å². The highest BCUT2D eigenvalue weighted by atomic mass is 35.5. The number of carbonyl (C=O) groups excluding carboxylic acids is 1. The number of benzene rings is 2. The van der Waals surface area contributed by atoms with Crippen molar-refractivity contribution in [2.75, 3.05) is 11.9 Å². The molecule has 0 fully saturated rings. The van der Waals surface area contributed by atoms with Crippen molar-refractivity contribution in [3.05, 3.63) is 76.0 Å². The van der Waals surface area contributed by atoms with Crippen molar-refractivity contribution in [1.82, 2.24) is 5.43 Å². The molecule has 0 aliphatic carbocycles. The van der Waals surface area contributed by atoms with Gasteiger partial charge in [-0.3, -0.25) is 4.79 Å². The number of furan rings is 1. The summed E-state index contributed by atoms with van der Waals surface area (Å²) >= 11 is 12.1. The lowest BCUT2D eigenvalue weighted by atomic mass is 10.2. The maximum absolute atomic E-state index is 12.7. The first kappa shape index (κ1) is 21.7. The van der Waals surface area contributed by atoms with Gasteiger partial charge < -0.3 is 9.73 Å². The number of hydrogen-bond donors (Lipinski definition) is 2. The van der Waals surface area contributed by atoms with Crippen LogP contribution in [-0.2, 0) is 11.0 Å². The Balaban J connectivity index is 1.54. The van der Waals surface area contributed by atoms with Crippen molar-refractivity contribution >= 4 is 41.0 Å². The summed E-state index contributed by atoms with van der Waals surface area (Å²) in [6, 6.07) is 12.8. The van der Waals surface area contributed by atoms with Gasteiger partial charge in [-0.2, -0.15) is 18.3 Å². The first-order valence-electron chi connectivity index (χ1n) is 8.50. The molecule has 0 saturated carbocycles. The summed E-state index contributed by atoms with van der Waals surface area (Å²) in [4.78, 5) is 11.8. The largest absolute Gasteiger partial charge is 0.455 e. The number of anilines is 1. The maximum Gasteiger partial charge on any atom is 0.416 e. The highest BCUT2D eigenvalue weighted by Crippen LogP contribution is 2.32. The average molecular weight is 456 g/mol. The van der Waals surface area contributed by atoms with E-state index in [1.807, 2.05) is 0 Å². The summed E-state index contributed by atoms with van der Waals surface area (Å²) in [5.74, 6) is 0.280. The van der Waals surface area contributed by atoms with Crippen LogP contribution in [0.1, 0.15) is 11.3 Å². The van der Waals surface area contributed by atoms with E-state index in [4.69, 9.17) is 27.6 Å². The second-order valence-corrected chi connectivity index (χ2v) is 6.90. The minimum Gasteiger partial charge on any atom is -0.455 e. The van der Waals surface area contributed by atoms with Gasteiger partial charge in [0.1, 0.15) is 11.5 Å². The van der Waals surface area contributed by atoms with Crippen molar-refractivity contribution < 1.29 is 22.4 Å². The van der Waals surface area contributed by atoms with Crippen LogP contribution in [0.5, 0.6) is 0 Å². The first-order chi connectivity index (χ1) is 14.2. The number of amides is 1. The Morgan fingerprint density at radius 2 is 1.90 bits per heavy atom. The lowest BCUT2D eigenvalue weighted by molar-refractivity contribution is -0.137. The molecule has 5 nitrogen and oxygen atoms in total. The van der Waals surface area contributed by atoms with Crippen LogP contribution < -0.4 is 10.7 Å². The fraction of sp³-hybridized carbons (Fsp3) is 0.100. The van der Waals surface area contributed by atoms with Crippen LogP contribution in [0.3, 0.4) is 0 Å². The average Bonchev–Trinajstić information content (AvgIpc) is 3.16. The van der Waals surface area contributed by atoms with E-state index in [1.54, 1.807) is 30.3 Å². The molecule has 10 heteroatoms. The highest BCUT2D eigenvalue weighted by molar-refractivity contribution is 6.35. The number of nitrogens with one attached hydrogen (secondary N) is 2. The SMILES string of the molecule is O=C(CNc1cccc(C(F)(F)F)c1)N/N=C\c1ccc(-c2cc(Cl)ccc2Cl)o1. The number of hydrogen-bond acceptors (Lipinski definition) is 4. The van der Waals surface area contributed by atoms with E-state index in [-0.39, 0.29) is 12.2 Å². The molecule has 1 amide bonds. The van der Waals surface area contributed by atoms with Crippen molar-refractivity contribution in [3.8, 4) is 11.3 Å². The minimum atomic E-state index is -4.46. The van der Waals surface area contributed by atoms with Gasteiger partial charge in [0.25, 0.3) is 5.91 Å². The van der Waals surface area contributed by atoms with Gasteiger partial charge in [0.05, 0.1) is 23.3 Å². The summed E-state index contributed by atoms with van der Waals surface area (Å²) in [6.07, 6.45) is -3.18. The maximum atomic E-state index is 12.7. The molecule has 0 atom stereocenters. The Morgan fingerprint density at radius 1 is 1.10 bits per heavy atom. The van der Waals surface area contributed by atoms with E-state index in [0.717, 1.165) is 12.1 Å². The first-order valence-corrected chi connectivity index (χ1v) is 9.26. The Bertz CT molecular complexity index is 1080. The fourth-order valence-electron chi connectivity index (χ4n) is 2.45. The fourth-order valence-corrected chi connectivity index (χ4v) is 2.83. The van der Waals surface area contributed by atoms with Crippen molar-refractivity contribution in [2.24, 2.45) is 5.10 Å². The Labute approximate surface area is 179 Å². The molecule has 156 valence electrons. The Hall–Kier alpha value is -2.97. The lowest BCUT2D eigenvalue weighted by Crippen LogP contribution is -2.26. The molecular weight excluding hydrogens is 442 g/mol. The van der Waals surface area contributed by atoms with Crippen LogP contribution in [0, 0.1) is 0 Å². The lowest BCUT2D eigenvalue weighted by Gasteiger charge is -2.09. The van der Waals surface area contributed by atoms with Crippen molar-refractivity contribution in [1.29, 1.82) is 0 Å². The summed E-state index contributed by atoms with van der Waals surface area (Å²) in [5.41, 5.74) is 2.22. The monoisotopic (exact) mass is 455 g/mol. The van der Waals surface area contributed by atoms with Gasteiger partial charge in [-0.1, -0.05) is 29.3 Å². The van der Waals surface area contributed by atoms with Crippen molar-refractivity contribution in [3.63, 3.8) is 0 Å². The third-order valence-corrected chi connectivity index (χ3v) is 4.41. The van der Waals surface area contributed by atoms with Gasteiger partial charge in [-0.05, 0) is 48.5 Å². The van der Waals surface area contributed by atoms with Gasteiger partial charge in [0, 0.05) is 16.3 Å². The van der Waals surface area contributed by atoms with E-state index in [1.165, 1.54) is 18.3 Å². The number of carbonyl (C=O) groups is 1. The number of alkyl halides is 3. The molecule has 1 heterocycles. The van der Waals surface area contributed by atoms with Crippen molar-refractivity contribution in [2.45, 2.75) is 6.18 Å². The molecule has 2 aromatic carbocycles. The zero-order valence-electron chi connectivity index (χ0n) is 15.1. The zero-order chi connectivity index (χ0) is 21.7. The van der Waals surface area contributed by atoms with E-state index >= 15 is 0 Å². The predicted octanol–water partition coefficient (Wildman–Crippen LogP) is 5.83. The van der Waals surface area contributed by atoms with Gasteiger partial charge in [0.2, 0.25) is 0 Å². The molecule has 30 heavy (non-hydrogen) atoms. The number of nitrogens with zero attached hydrogens (tertiary/aromatic N) is 1. The van der Waals surface area contributed by atoms with Gasteiger partial charge in [-0.15, -0.1) is 0 Å². The second kappa shape index (κ2) is 9.23. The normalized spacial score (nSPS) is 11.6. The molecule has 1 aromatic heterocycles. The molecule has 0 spiro atoms. The Kier molecular flexibility index (Phi) is 6.69. The molecule has 0 unspecified atom stereocenters. The van der Waals surface area contributed by atoms with Crippen LogP contribution in [0.15, 0.2) is 64.1 Å². The predicted molar refractivity (Wildman–Crippen MR) is 110 cm³/mol. The van der Waals surface area contributed by atoms with Crippen LogP contribution in [0.25, 0.3) is 11.3 Å². The zero-order valence-corrected chi connectivity index (χ0v) is 16.6. The van der Waals surface area contributed by atoms with Crippen LogP contribution in [-0.4, -0.2) is 18.7 Å². The number of halogens is 5. The van der Waals surface area contributed by atoms with E-state index < -0.39 is 17.6 Å². The third kappa shape index (κ3) is 5.77. The quantitative estimate of drug-likeness (QED) is 0.362. The second-order valence-electron chi connectivity index (χ2n) is 6.05. The van der Waals surface area contributed by atoms with E-state index in [9.17, 15) is 18.0 Å². The molecular formula is C20H14Cl2F3N3O2. The van der Waals surface area contributed by atoms with E-state index in [0.29, 0.717) is 27.1 Å². The topological polar surface area (TPSA) is 66.6 Å². The van der Waals surface area contributed by atoms with Crippen LogP contribution in [0.2, 0.25) is 10.0 Å². The van der Waals surface area contributed by atoms with Gasteiger partial charge in [-0.25, -0.2) is 5.43 Å². The third-order valence-electron chi connectivity index (χ3n) is 3.84. The molecule has 3 aromatic rings. The molecule has 3 rings (SSSR count). The Morgan fingerprint density at radius 3 is 2.67 bits per heavy atom. The number of hydrazone groups is 1. The molecule has 0 aliphatic rings. The molecule has 0 bridgehead atoms. The smallest absolute Gasteiger partial charge is 0.416 e. The molecule has 0 aliphatic heterocycles. The summed E-state index contributed by atoms with van der Waals surface area (Å²) in [5, 5.41) is 7.33. The van der Waals surface area contributed by atoms with Crippen LogP contribution in [0.4, 0.5) is 18.9 Å².